The van der Waals surface area contributed by atoms with Crippen LogP contribution in [-0.2, 0) is 10.8 Å². The highest BCUT2D eigenvalue weighted by molar-refractivity contribution is 6.07. The van der Waals surface area contributed by atoms with E-state index >= 15 is 0 Å². The Hall–Kier alpha value is -6.57. The van der Waals surface area contributed by atoms with Crippen LogP contribution in [-0.4, -0.2) is 5.71 Å². The summed E-state index contributed by atoms with van der Waals surface area (Å²) >= 11 is 0. The molecule has 0 aromatic heterocycles. The predicted molar refractivity (Wildman–Crippen MR) is 236 cm³/mol. The standard InChI is InChI=1S/C56H43N/c1-38-46(39-21-6-2-7-22-39)37-52(57-54(38)40-23-8-3-9-24-40)45-30-15-17-33-48(45)55(41-25-10-4-11-26-41)49-34-18-19-35-50(49)56(42-27-12-5-13-28-42)47-32-16-14-29-43(47)44-31-20-36-51(55)53(44)56/h3-6,8-38,46H,2,7H2,1H3/t38-,46?,55?,56?/m1/s1. The zero-order chi connectivity index (χ0) is 38.0. The van der Waals surface area contributed by atoms with E-state index in [0.717, 1.165) is 24.3 Å². The maximum Gasteiger partial charge on any atom is 0.0720 e. The van der Waals surface area contributed by atoms with Gasteiger partial charge >= 0.3 is 0 Å². The van der Waals surface area contributed by atoms with E-state index in [1.54, 1.807) is 0 Å². The van der Waals surface area contributed by atoms with Gasteiger partial charge in [0, 0.05) is 17.4 Å². The van der Waals surface area contributed by atoms with Crippen molar-refractivity contribution >= 4 is 11.4 Å². The number of aliphatic imine (C=N–C) groups is 1. The van der Waals surface area contributed by atoms with Gasteiger partial charge in [-0.3, -0.25) is 4.99 Å². The molecule has 11 rings (SSSR count). The van der Waals surface area contributed by atoms with Gasteiger partial charge in [0.25, 0.3) is 0 Å². The van der Waals surface area contributed by atoms with E-state index < -0.39 is 10.8 Å². The van der Waals surface area contributed by atoms with Gasteiger partial charge in [-0.15, -0.1) is 0 Å². The van der Waals surface area contributed by atoms with Gasteiger partial charge in [-0.2, -0.15) is 0 Å². The second-order valence-corrected chi connectivity index (χ2v) is 16.0. The molecule has 0 fully saturated rings. The first-order valence-corrected chi connectivity index (χ1v) is 20.5. The minimum Gasteiger partial charge on any atom is -0.252 e. The first-order chi connectivity index (χ1) is 28.2. The normalized spacial score (nSPS) is 22.7. The van der Waals surface area contributed by atoms with Crippen molar-refractivity contribution in [3.05, 3.63) is 268 Å². The van der Waals surface area contributed by atoms with Crippen LogP contribution in [0.5, 0.6) is 0 Å². The van der Waals surface area contributed by atoms with Gasteiger partial charge in [0.2, 0.25) is 0 Å². The molecular weight excluding hydrogens is 687 g/mol. The second kappa shape index (κ2) is 13.3. The largest absolute Gasteiger partial charge is 0.252 e. The molecule has 1 aliphatic heterocycles. The van der Waals surface area contributed by atoms with Gasteiger partial charge in [0.15, 0.2) is 0 Å². The van der Waals surface area contributed by atoms with Crippen molar-refractivity contribution in [1.82, 2.24) is 0 Å². The first kappa shape index (κ1) is 33.7. The van der Waals surface area contributed by atoms with Crippen LogP contribution in [0.3, 0.4) is 0 Å². The van der Waals surface area contributed by atoms with Crippen LogP contribution in [0.15, 0.2) is 217 Å². The monoisotopic (exact) mass is 729 g/mol. The summed E-state index contributed by atoms with van der Waals surface area (Å²) < 4.78 is 0. The van der Waals surface area contributed by atoms with E-state index in [4.69, 9.17) is 4.99 Å². The van der Waals surface area contributed by atoms with Crippen molar-refractivity contribution in [2.75, 3.05) is 0 Å². The maximum absolute atomic E-state index is 5.71. The summed E-state index contributed by atoms with van der Waals surface area (Å²) in [6.45, 7) is 2.36. The van der Waals surface area contributed by atoms with E-state index in [1.807, 2.05) is 0 Å². The molecule has 3 unspecified atom stereocenters. The van der Waals surface area contributed by atoms with Crippen LogP contribution in [0.25, 0.3) is 16.8 Å². The Morgan fingerprint density at radius 2 is 1.00 bits per heavy atom. The fourth-order valence-electron chi connectivity index (χ4n) is 11.0. The summed E-state index contributed by atoms with van der Waals surface area (Å²) in [7, 11) is 0. The molecule has 0 saturated heterocycles. The Bertz CT molecular complexity index is 2800. The molecule has 0 N–H and O–H groups in total. The van der Waals surface area contributed by atoms with E-state index in [-0.39, 0.29) is 11.8 Å². The summed E-state index contributed by atoms with van der Waals surface area (Å²) in [6.07, 6.45) is 11.8. The van der Waals surface area contributed by atoms with Gasteiger partial charge < -0.3 is 0 Å². The van der Waals surface area contributed by atoms with Crippen LogP contribution in [0, 0.1) is 11.8 Å². The molecule has 57 heavy (non-hydrogen) atoms. The average Bonchev–Trinajstić information content (AvgIpc) is 3.60. The fourth-order valence-corrected chi connectivity index (χ4v) is 11.0. The van der Waals surface area contributed by atoms with E-state index in [2.05, 4.69) is 213 Å². The number of hydrogen-bond acceptors (Lipinski definition) is 1. The lowest BCUT2D eigenvalue weighted by atomic mass is 9.51. The Morgan fingerprint density at radius 1 is 0.474 bits per heavy atom. The molecule has 0 spiro atoms. The Morgan fingerprint density at radius 3 is 1.67 bits per heavy atom. The van der Waals surface area contributed by atoms with Crippen molar-refractivity contribution in [3.8, 4) is 11.1 Å². The fraction of sp³-hybridized carbons (Fsp3) is 0.125. The van der Waals surface area contributed by atoms with Crippen molar-refractivity contribution in [1.29, 1.82) is 0 Å². The lowest BCUT2D eigenvalue weighted by Gasteiger charge is -2.50. The maximum atomic E-state index is 5.71. The number of nitrogens with zero attached hydrogens (tertiary/aromatic N) is 1. The quantitative estimate of drug-likeness (QED) is 0.162. The zero-order valence-corrected chi connectivity index (χ0v) is 32.1. The van der Waals surface area contributed by atoms with Crippen LogP contribution in [0.1, 0.15) is 75.4 Å². The third-order valence-corrected chi connectivity index (χ3v) is 13.2. The lowest BCUT2D eigenvalue weighted by molar-refractivity contribution is 0.613. The average molecular weight is 730 g/mol. The van der Waals surface area contributed by atoms with E-state index in [9.17, 15) is 0 Å². The predicted octanol–water partition coefficient (Wildman–Crippen LogP) is 13.1. The molecule has 1 heterocycles. The molecule has 7 aromatic carbocycles. The van der Waals surface area contributed by atoms with Gasteiger partial charge in [-0.05, 0) is 85.7 Å². The Kier molecular flexibility index (Phi) is 7.86. The number of rotatable bonds is 6. The topological polar surface area (TPSA) is 12.4 Å². The molecular formula is C56H43N. The number of fused-ring (bicyclic) bond motifs is 5. The van der Waals surface area contributed by atoms with Crippen LogP contribution < -0.4 is 0 Å². The molecule has 0 radical (unpaired) electrons. The minimum atomic E-state index is -0.661. The lowest BCUT2D eigenvalue weighted by Crippen LogP contribution is -2.44. The van der Waals surface area contributed by atoms with Gasteiger partial charge in [-0.1, -0.05) is 207 Å². The third kappa shape index (κ3) is 4.79. The first-order valence-electron chi connectivity index (χ1n) is 20.5. The molecule has 4 aliphatic rings. The minimum absolute atomic E-state index is 0.199. The number of hydrogen-bond donors (Lipinski definition) is 0. The van der Waals surface area contributed by atoms with Crippen molar-refractivity contribution in [3.63, 3.8) is 0 Å². The highest BCUT2D eigenvalue weighted by atomic mass is 14.8. The van der Waals surface area contributed by atoms with E-state index in [0.29, 0.717) is 0 Å². The van der Waals surface area contributed by atoms with Crippen molar-refractivity contribution in [2.45, 2.75) is 30.6 Å². The Labute approximate surface area is 336 Å². The molecule has 272 valence electrons. The third-order valence-electron chi connectivity index (χ3n) is 13.2. The van der Waals surface area contributed by atoms with Gasteiger partial charge in [0.1, 0.15) is 0 Å². The molecule has 1 heteroatoms. The van der Waals surface area contributed by atoms with Crippen molar-refractivity contribution < 1.29 is 0 Å². The van der Waals surface area contributed by atoms with Gasteiger partial charge in [0.05, 0.1) is 22.2 Å². The SMILES string of the molecule is C[C@H]1C(c2ccccc2)=NC(c2ccccc2C2(c3ccccc3)c3ccccc3C3(c4ccccc4)c4ccccc4-c4cccc2c43)=CC1C1=CCCC=C1. The summed E-state index contributed by atoms with van der Waals surface area (Å²) in [5, 5.41) is 0. The smallest absolute Gasteiger partial charge is 0.0720 e. The summed E-state index contributed by atoms with van der Waals surface area (Å²) in [5.74, 6) is 0.419. The second-order valence-electron chi connectivity index (χ2n) is 16.0. The number of allylic oxidation sites excluding steroid dienone is 5. The van der Waals surface area contributed by atoms with Crippen LogP contribution >= 0.6 is 0 Å². The molecule has 1 nitrogen and oxygen atoms in total. The summed E-state index contributed by atoms with van der Waals surface area (Å²) in [5.41, 5.74) is 17.9. The highest BCUT2D eigenvalue weighted by Gasteiger charge is 2.58. The molecule has 0 amide bonds. The van der Waals surface area contributed by atoms with E-state index in [1.165, 1.54) is 72.3 Å². The number of benzene rings is 7. The summed E-state index contributed by atoms with van der Waals surface area (Å²) in [4.78, 5) is 5.71. The molecule has 4 atom stereocenters. The summed E-state index contributed by atoms with van der Waals surface area (Å²) in [6, 6.07) is 68.0. The van der Waals surface area contributed by atoms with Crippen LogP contribution in [0.2, 0.25) is 0 Å². The highest BCUT2D eigenvalue weighted by Crippen LogP contribution is 2.66. The molecule has 0 bridgehead atoms. The molecule has 0 saturated carbocycles. The molecule has 7 aromatic rings. The molecule has 3 aliphatic carbocycles. The van der Waals surface area contributed by atoms with Crippen LogP contribution in [0.4, 0.5) is 0 Å². The van der Waals surface area contributed by atoms with Gasteiger partial charge in [-0.25, -0.2) is 0 Å². The van der Waals surface area contributed by atoms with Crippen molar-refractivity contribution in [2.24, 2.45) is 16.8 Å². The zero-order valence-electron chi connectivity index (χ0n) is 32.1. The Balaban J connectivity index is 1.27.